The number of para-hydroxylation sites is 1. The van der Waals surface area contributed by atoms with Gasteiger partial charge in [0.25, 0.3) is 0 Å². The molecule has 10 nitrogen and oxygen atoms in total. The van der Waals surface area contributed by atoms with Gasteiger partial charge in [-0.2, -0.15) is 5.23 Å². The fourth-order valence-electron chi connectivity index (χ4n) is 1.89. The Morgan fingerprint density at radius 2 is 1.81 bits per heavy atom. The van der Waals surface area contributed by atoms with E-state index in [1.54, 1.807) is 20.8 Å². The minimum atomic E-state index is -1.68. The molecule has 1 amide bonds. The molecule has 10 heteroatoms. The molecular weight excluding hydrogens is 348 g/mol. The number of rotatable bonds is 6. The van der Waals surface area contributed by atoms with Crippen LogP contribution in [0.25, 0.3) is 0 Å². The number of quaternary nitrogens is 1. The van der Waals surface area contributed by atoms with Crippen molar-refractivity contribution in [1.82, 2.24) is 5.32 Å². The van der Waals surface area contributed by atoms with Crippen molar-refractivity contribution < 1.29 is 39.4 Å². The number of amides is 1. The zero-order chi connectivity index (χ0) is 20.1. The molecule has 0 fully saturated rings. The molecule has 1 rings (SSSR count). The van der Waals surface area contributed by atoms with Crippen LogP contribution in [-0.2, 0) is 19.1 Å². The number of carboxylic acids is 1. The van der Waals surface area contributed by atoms with Gasteiger partial charge >= 0.3 is 18.0 Å². The number of esters is 1. The van der Waals surface area contributed by atoms with Gasteiger partial charge in [-0.15, -0.1) is 0 Å². The zero-order valence-corrected chi connectivity index (χ0v) is 14.8. The van der Waals surface area contributed by atoms with Gasteiger partial charge in [-0.3, -0.25) is 4.79 Å². The standard InChI is InChI=1S/C16H22N2O8/c1-9(13(19)20)17-15(22)25-12(14(21)26-16(2,3)4)10-7-5-6-8-11(10)18(23)24/h5-9,12,18,23H,1-4H3,(H,17,22)(H,19,20)/t9-,12?/m1/s1. The molecule has 4 N–H and O–H groups in total. The normalized spacial score (nSPS) is 14.7. The van der Waals surface area contributed by atoms with Crippen LogP contribution in [0.5, 0.6) is 0 Å². The number of alkyl carbamates (subject to hydrolysis) is 1. The van der Waals surface area contributed by atoms with E-state index < -0.39 is 41.0 Å². The summed E-state index contributed by atoms with van der Waals surface area (Å²) in [4.78, 5) is 35.2. The molecule has 144 valence electrons. The number of benzene rings is 1. The Labute approximate surface area is 149 Å². The third kappa shape index (κ3) is 6.31. The number of carbonyl (C=O) groups is 3. The van der Waals surface area contributed by atoms with E-state index in [1.807, 2.05) is 5.32 Å². The summed E-state index contributed by atoms with van der Waals surface area (Å²) >= 11 is 0. The molecule has 0 aromatic heterocycles. The Morgan fingerprint density at radius 1 is 1.23 bits per heavy atom. The predicted molar refractivity (Wildman–Crippen MR) is 87.5 cm³/mol. The molecule has 0 aliphatic carbocycles. The summed E-state index contributed by atoms with van der Waals surface area (Å²) < 4.78 is 10.2. The lowest BCUT2D eigenvalue weighted by Crippen LogP contribution is -2.99. The molecule has 0 spiro atoms. The third-order valence-corrected chi connectivity index (χ3v) is 3.02. The first-order valence-corrected chi connectivity index (χ1v) is 7.67. The smallest absolute Gasteiger partial charge is 0.409 e. The average molecular weight is 370 g/mol. The molecule has 0 bridgehead atoms. The zero-order valence-electron chi connectivity index (χ0n) is 14.8. The minimum Gasteiger partial charge on any atom is -0.595 e. The molecule has 26 heavy (non-hydrogen) atoms. The van der Waals surface area contributed by atoms with E-state index in [2.05, 4.69) is 0 Å². The fourth-order valence-corrected chi connectivity index (χ4v) is 1.89. The highest BCUT2D eigenvalue weighted by Gasteiger charge is 2.34. The quantitative estimate of drug-likeness (QED) is 0.421. The van der Waals surface area contributed by atoms with Gasteiger partial charge in [-0.25, -0.2) is 14.8 Å². The van der Waals surface area contributed by atoms with Crippen LogP contribution in [0.15, 0.2) is 24.3 Å². The van der Waals surface area contributed by atoms with E-state index >= 15 is 0 Å². The SMILES string of the molecule is C[C@@H](NC(=O)OC(C(=O)OC(C)(C)C)c1ccccc1[NH+]([O-])O)C(=O)O. The van der Waals surface area contributed by atoms with Crippen LogP contribution >= 0.6 is 0 Å². The molecule has 0 heterocycles. The summed E-state index contributed by atoms with van der Waals surface area (Å²) in [5.41, 5.74) is -1.25. The van der Waals surface area contributed by atoms with E-state index in [4.69, 9.17) is 14.6 Å². The van der Waals surface area contributed by atoms with Crippen molar-refractivity contribution in [3.05, 3.63) is 35.0 Å². The molecule has 2 unspecified atom stereocenters. The molecule has 0 saturated carbocycles. The summed E-state index contributed by atoms with van der Waals surface area (Å²) in [6, 6.07) is 4.21. The molecule has 0 aliphatic rings. The number of nitrogens with one attached hydrogen (secondary N) is 2. The molecular formula is C16H22N2O8. The van der Waals surface area contributed by atoms with Gasteiger partial charge in [-0.05, 0) is 33.8 Å². The topological polar surface area (TPSA) is 150 Å². The van der Waals surface area contributed by atoms with E-state index in [0.717, 1.165) is 0 Å². The van der Waals surface area contributed by atoms with Crippen molar-refractivity contribution in [2.75, 3.05) is 0 Å². The first-order chi connectivity index (χ1) is 11.9. The summed E-state index contributed by atoms with van der Waals surface area (Å²) in [5.74, 6) is -2.29. The second-order valence-electron chi connectivity index (χ2n) is 6.42. The van der Waals surface area contributed by atoms with Gasteiger partial charge in [0.2, 0.25) is 6.10 Å². The van der Waals surface area contributed by atoms with Crippen LogP contribution in [0.3, 0.4) is 0 Å². The summed E-state index contributed by atoms with van der Waals surface area (Å²) in [5, 5.41) is 30.2. The summed E-state index contributed by atoms with van der Waals surface area (Å²) in [6.07, 6.45) is -2.88. The Balaban J connectivity index is 3.17. The maximum Gasteiger partial charge on any atom is 0.409 e. The number of aliphatic carboxylic acids is 1. The van der Waals surface area contributed by atoms with Gasteiger partial charge in [0, 0.05) is 6.07 Å². The van der Waals surface area contributed by atoms with Crippen molar-refractivity contribution in [3.63, 3.8) is 0 Å². The number of carbonyl (C=O) groups excluding carboxylic acids is 2. The van der Waals surface area contributed by atoms with Crippen molar-refractivity contribution in [1.29, 1.82) is 0 Å². The number of carboxylic acid groups (broad SMARTS) is 1. The Bertz CT molecular complexity index is 668. The molecule has 0 saturated heterocycles. The van der Waals surface area contributed by atoms with Gasteiger partial charge < -0.3 is 25.1 Å². The average Bonchev–Trinajstić information content (AvgIpc) is 2.50. The molecule has 1 aromatic rings. The van der Waals surface area contributed by atoms with Crippen LogP contribution in [0.2, 0.25) is 0 Å². The number of hydrogen-bond donors (Lipinski definition) is 4. The van der Waals surface area contributed by atoms with Crippen molar-refractivity contribution in [3.8, 4) is 0 Å². The van der Waals surface area contributed by atoms with Gasteiger partial charge in [0.1, 0.15) is 11.6 Å². The lowest BCUT2D eigenvalue weighted by atomic mass is 10.1. The maximum atomic E-state index is 12.5. The Hall–Kier alpha value is -2.69. The van der Waals surface area contributed by atoms with Crippen molar-refractivity contribution in [2.24, 2.45) is 0 Å². The van der Waals surface area contributed by atoms with Crippen LogP contribution in [0, 0.1) is 5.21 Å². The highest BCUT2D eigenvalue weighted by atomic mass is 16.8. The highest BCUT2D eigenvalue weighted by molar-refractivity contribution is 5.84. The van der Waals surface area contributed by atoms with Crippen LogP contribution in [0.4, 0.5) is 10.5 Å². The summed E-state index contributed by atoms with van der Waals surface area (Å²) in [6.45, 7) is 5.99. The van der Waals surface area contributed by atoms with E-state index in [0.29, 0.717) is 0 Å². The lowest BCUT2D eigenvalue weighted by molar-refractivity contribution is -0.991. The van der Waals surface area contributed by atoms with Crippen molar-refractivity contribution >= 4 is 23.7 Å². The van der Waals surface area contributed by atoms with E-state index in [9.17, 15) is 24.8 Å². The van der Waals surface area contributed by atoms with E-state index in [-0.39, 0.29) is 11.3 Å². The second kappa shape index (κ2) is 8.61. The predicted octanol–water partition coefficient (Wildman–Crippen LogP) is 0.672. The second-order valence-corrected chi connectivity index (χ2v) is 6.42. The van der Waals surface area contributed by atoms with Gasteiger partial charge in [0.05, 0.1) is 5.56 Å². The first kappa shape index (κ1) is 21.4. The maximum absolute atomic E-state index is 12.5. The van der Waals surface area contributed by atoms with Crippen LogP contribution < -0.4 is 10.5 Å². The van der Waals surface area contributed by atoms with Gasteiger partial charge in [-0.1, -0.05) is 12.1 Å². The molecule has 3 atom stereocenters. The lowest BCUT2D eigenvalue weighted by Gasteiger charge is -2.26. The fraction of sp³-hybridized carbons (Fsp3) is 0.438. The van der Waals surface area contributed by atoms with Crippen molar-refractivity contribution in [2.45, 2.75) is 45.4 Å². The van der Waals surface area contributed by atoms with Gasteiger partial charge in [0.15, 0.2) is 5.69 Å². The largest absolute Gasteiger partial charge is 0.595 e. The molecule has 0 radical (unpaired) electrons. The van der Waals surface area contributed by atoms with Crippen LogP contribution in [-0.4, -0.2) is 40.0 Å². The Kier molecular flexibility index (Phi) is 7.07. The Morgan fingerprint density at radius 3 is 2.31 bits per heavy atom. The monoisotopic (exact) mass is 370 g/mol. The first-order valence-electron chi connectivity index (χ1n) is 7.67. The van der Waals surface area contributed by atoms with E-state index in [1.165, 1.54) is 31.2 Å². The molecule has 0 aliphatic heterocycles. The van der Waals surface area contributed by atoms with Crippen LogP contribution in [0.1, 0.15) is 39.4 Å². The minimum absolute atomic E-state index is 0.0904. The number of ether oxygens (including phenoxy) is 2. The third-order valence-electron chi connectivity index (χ3n) is 3.02. The highest BCUT2D eigenvalue weighted by Crippen LogP contribution is 2.26. The number of hydrogen-bond acceptors (Lipinski definition) is 7. The summed E-state index contributed by atoms with van der Waals surface area (Å²) in [7, 11) is 0. The molecule has 1 aromatic carbocycles.